The van der Waals surface area contributed by atoms with Crippen LogP contribution in [0, 0.1) is 5.92 Å². The lowest BCUT2D eigenvalue weighted by atomic mass is 10.1. The zero-order valence-corrected chi connectivity index (χ0v) is 10.9. The first-order valence-electron chi connectivity index (χ1n) is 5.18. The van der Waals surface area contributed by atoms with Gasteiger partial charge in [0, 0.05) is 12.6 Å². The van der Waals surface area contributed by atoms with E-state index >= 15 is 0 Å². The van der Waals surface area contributed by atoms with Gasteiger partial charge in [0.2, 0.25) is 0 Å². The summed E-state index contributed by atoms with van der Waals surface area (Å²) in [6, 6.07) is -0.0633. The van der Waals surface area contributed by atoms with Crippen LogP contribution in [0.1, 0.15) is 13.3 Å². The summed E-state index contributed by atoms with van der Waals surface area (Å²) in [7, 11) is 1.52. The molecule has 0 heterocycles. The molecule has 0 aromatic heterocycles. The van der Waals surface area contributed by atoms with Gasteiger partial charge in [0.1, 0.15) is 0 Å². The highest BCUT2D eigenvalue weighted by Gasteiger charge is 2.45. The van der Waals surface area contributed by atoms with Crippen LogP contribution in [0.3, 0.4) is 0 Å². The molecule has 0 aliphatic carbocycles. The topological polar surface area (TPSA) is 40.5 Å². The molecule has 1 N–H and O–H groups in total. The molecule has 0 bridgehead atoms. The second-order valence-corrected chi connectivity index (χ2v) is 4.99. The van der Waals surface area contributed by atoms with Crippen LogP contribution >= 0.6 is 11.8 Å². The van der Waals surface area contributed by atoms with Crippen LogP contribution in [-0.4, -0.2) is 53.8 Å². The Morgan fingerprint density at radius 1 is 1.47 bits per heavy atom. The number of carbonyl (C=O) groups is 1. The number of rotatable bonds is 7. The summed E-state index contributed by atoms with van der Waals surface area (Å²) in [5, 5.41) is 8.56. The number of nitrogens with zero attached hydrogens (tertiary/aromatic N) is 1. The minimum atomic E-state index is -4.70. The molecule has 0 rings (SSSR count). The van der Waals surface area contributed by atoms with Crippen LogP contribution in [-0.2, 0) is 4.79 Å². The van der Waals surface area contributed by atoms with Crippen molar-refractivity contribution in [3.8, 4) is 0 Å². The molecule has 7 heteroatoms. The molecule has 0 aromatic rings. The molecule has 0 spiro atoms. The van der Waals surface area contributed by atoms with Gasteiger partial charge >= 0.3 is 12.1 Å². The van der Waals surface area contributed by atoms with Crippen LogP contribution in [0.25, 0.3) is 0 Å². The number of alkyl halides is 3. The Morgan fingerprint density at radius 2 is 2.00 bits per heavy atom. The first-order chi connectivity index (χ1) is 7.70. The number of thioether (sulfide) groups is 1. The fraction of sp³-hybridized carbons (Fsp3) is 0.900. The zero-order chi connectivity index (χ0) is 13.6. The van der Waals surface area contributed by atoms with Gasteiger partial charge in [-0.1, -0.05) is 0 Å². The molecule has 0 aliphatic rings. The van der Waals surface area contributed by atoms with E-state index in [-0.39, 0.29) is 6.04 Å². The van der Waals surface area contributed by atoms with Gasteiger partial charge in [0.05, 0.1) is 0 Å². The maximum absolute atomic E-state index is 12.4. The molecule has 3 nitrogen and oxygen atoms in total. The van der Waals surface area contributed by atoms with Crippen molar-refractivity contribution in [3.63, 3.8) is 0 Å². The van der Waals surface area contributed by atoms with Gasteiger partial charge < -0.3 is 10.0 Å². The first-order valence-corrected chi connectivity index (χ1v) is 6.58. The Balaban J connectivity index is 4.41. The minimum absolute atomic E-state index is 0.0633. The van der Waals surface area contributed by atoms with Crippen molar-refractivity contribution >= 4 is 17.7 Å². The number of hydrogen-bond acceptors (Lipinski definition) is 3. The fourth-order valence-corrected chi connectivity index (χ4v) is 1.88. The van der Waals surface area contributed by atoms with E-state index in [4.69, 9.17) is 5.11 Å². The molecule has 0 saturated carbocycles. The van der Waals surface area contributed by atoms with Crippen LogP contribution in [0.2, 0.25) is 0 Å². The van der Waals surface area contributed by atoms with Crippen LogP contribution in [0.15, 0.2) is 0 Å². The van der Waals surface area contributed by atoms with E-state index in [1.54, 1.807) is 18.7 Å². The maximum Gasteiger partial charge on any atom is 0.403 e. The number of carboxylic acids is 1. The van der Waals surface area contributed by atoms with Crippen LogP contribution in [0.5, 0.6) is 0 Å². The Morgan fingerprint density at radius 3 is 2.35 bits per heavy atom. The maximum atomic E-state index is 12.4. The molecule has 0 radical (unpaired) electrons. The third-order valence-corrected chi connectivity index (χ3v) is 3.30. The molecule has 0 aromatic carbocycles. The number of halogens is 3. The highest BCUT2D eigenvalue weighted by molar-refractivity contribution is 7.98. The monoisotopic (exact) mass is 273 g/mol. The highest BCUT2D eigenvalue weighted by Crippen LogP contribution is 2.27. The normalized spacial score (nSPS) is 15.9. The van der Waals surface area contributed by atoms with Gasteiger partial charge in [0.25, 0.3) is 0 Å². The fourth-order valence-electron chi connectivity index (χ4n) is 1.30. The Bertz CT molecular complexity index is 248. The lowest BCUT2D eigenvalue weighted by Crippen LogP contribution is -2.43. The summed E-state index contributed by atoms with van der Waals surface area (Å²) < 4.78 is 37.3. The predicted molar refractivity (Wildman–Crippen MR) is 62.3 cm³/mol. The summed E-state index contributed by atoms with van der Waals surface area (Å²) in [6.07, 6.45) is -2.04. The molecule has 2 atom stereocenters. The van der Waals surface area contributed by atoms with Crippen molar-refractivity contribution in [1.82, 2.24) is 4.90 Å². The summed E-state index contributed by atoms with van der Waals surface area (Å²) in [5.74, 6) is -3.29. The van der Waals surface area contributed by atoms with Gasteiger partial charge in [-0.2, -0.15) is 24.9 Å². The summed E-state index contributed by atoms with van der Waals surface area (Å²) in [6.45, 7) is 1.29. The van der Waals surface area contributed by atoms with Gasteiger partial charge in [-0.05, 0) is 32.4 Å². The van der Waals surface area contributed by atoms with E-state index in [1.807, 2.05) is 6.26 Å². The van der Waals surface area contributed by atoms with Crippen molar-refractivity contribution in [2.45, 2.75) is 25.6 Å². The third kappa shape index (κ3) is 6.16. The Kier molecular flexibility index (Phi) is 6.92. The van der Waals surface area contributed by atoms with Crippen molar-refractivity contribution in [2.75, 3.05) is 25.6 Å². The van der Waals surface area contributed by atoms with E-state index in [0.717, 1.165) is 12.2 Å². The Labute approximate surface area is 103 Å². The molecule has 0 saturated heterocycles. The van der Waals surface area contributed by atoms with Crippen molar-refractivity contribution in [1.29, 1.82) is 0 Å². The smallest absolute Gasteiger partial charge is 0.403 e. The first kappa shape index (κ1) is 16.6. The zero-order valence-electron chi connectivity index (χ0n) is 10.1. The van der Waals surface area contributed by atoms with E-state index < -0.39 is 24.6 Å². The van der Waals surface area contributed by atoms with Crippen molar-refractivity contribution < 1.29 is 23.1 Å². The average molecular weight is 273 g/mol. The standard InChI is InChI=1S/C10H18F3NO2S/c1-7(4-5-17-3)14(2)6-8(9(15)16)10(11,12)13/h7-8H,4-6H2,1-3H3,(H,15,16). The number of aliphatic carboxylic acids is 1. The molecule has 0 fully saturated rings. The van der Waals surface area contributed by atoms with E-state index in [2.05, 4.69) is 0 Å². The molecule has 102 valence electrons. The van der Waals surface area contributed by atoms with Gasteiger partial charge in [0.15, 0.2) is 5.92 Å². The quantitative estimate of drug-likeness (QED) is 0.773. The average Bonchev–Trinajstić information content (AvgIpc) is 2.19. The van der Waals surface area contributed by atoms with Gasteiger partial charge in [-0.3, -0.25) is 4.79 Å². The van der Waals surface area contributed by atoms with E-state index in [0.29, 0.717) is 0 Å². The summed E-state index contributed by atoms with van der Waals surface area (Å²) in [5.41, 5.74) is 0. The molecule has 2 unspecified atom stereocenters. The summed E-state index contributed by atoms with van der Waals surface area (Å²) >= 11 is 1.61. The van der Waals surface area contributed by atoms with Crippen molar-refractivity contribution in [2.24, 2.45) is 5.92 Å². The van der Waals surface area contributed by atoms with Gasteiger partial charge in [-0.25, -0.2) is 0 Å². The number of hydrogen-bond donors (Lipinski definition) is 1. The molecular formula is C10H18F3NO2S. The molecular weight excluding hydrogens is 255 g/mol. The third-order valence-electron chi connectivity index (χ3n) is 2.66. The lowest BCUT2D eigenvalue weighted by Gasteiger charge is -2.28. The van der Waals surface area contributed by atoms with Gasteiger partial charge in [-0.15, -0.1) is 0 Å². The lowest BCUT2D eigenvalue weighted by molar-refractivity contribution is -0.196. The minimum Gasteiger partial charge on any atom is -0.481 e. The molecule has 17 heavy (non-hydrogen) atoms. The van der Waals surface area contributed by atoms with Crippen LogP contribution in [0.4, 0.5) is 13.2 Å². The van der Waals surface area contributed by atoms with Crippen molar-refractivity contribution in [3.05, 3.63) is 0 Å². The summed E-state index contributed by atoms with van der Waals surface area (Å²) in [4.78, 5) is 12.0. The van der Waals surface area contributed by atoms with E-state index in [1.165, 1.54) is 11.9 Å². The molecule has 0 amide bonds. The Hall–Kier alpha value is -0.430. The predicted octanol–water partition coefficient (Wildman–Crippen LogP) is 2.32. The van der Waals surface area contributed by atoms with E-state index in [9.17, 15) is 18.0 Å². The number of carboxylic acid groups (broad SMARTS) is 1. The highest BCUT2D eigenvalue weighted by atomic mass is 32.2. The largest absolute Gasteiger partial charge is 0.481 e. The second-order valence-electron chi connectivity index (χ2n) is 4.00. The second kappa shape index (κ2) is 7.10. The van der Waals surface area contributed by atoms with Crippen LogP contribution < -0.4 is 0 Å². The molecule has 0 aliphatic heterocycles. The SMILES string of the molecule is CSCCC(C)N(C)CC(C(=O)O)C(F)(F)F.